The van der Waals surface area contributed by atoms with Crippen LogP contribution >= 0.6 is 11.3 Å². The first-order chi connectivity index (χ1) is 19.2. The second-order valence-corrected chi connectivity index (χ2v) is 12.2. The van der Waals surface area contributed by atoms with E-state index in [0.29, 0.717) is 17.2 Å². The van der Waals surface area contributed by atoms with Crippen LogP contribution in [0.5, 0.6) is 0 Å². The average molecular weight is 557 g/mol. The minimum Gasteiger partial charge on any atom is -0.368 e. The van der Waals surface area contributed by atoms with Gasteiger partial charge in [-0.05, 0) is 43.3 Å². The molecule has 1 saturated heterocycles. The second-order valence-electron chi connectivity index (χ2n) is 11.2. The normalized spacial score (nSPS) is 14.3. The molecule has 0 bridgehead atoms. The van der Waals surface area contributed by atoms with Gasteiger partial charge in [0.05, 0.1) is 28.8 Å². The maximum Gasteiger partial charge on any atom is 0.263 e. The lowest BCUT2D eigenvalue weighted by molar-refractivity contribution is 0.0954. The summed E-state index contributed by atoms with van der Waals surface area (Å²) in [6.07, 6.45) is 5.13. The van der Waals surface area contributed by atoms with E-state index in [1.54, 1.807) is 12.5 Å². The number of thiazole rings is 1. The van der Waals surface area contributed by atoms with Crippen LogP contribution in [0.1, 0.15) is 46.6 Å². The first-order valence-electron chi connectivity index (χ1n) is 13.5. The number of likely N-dealkylation sites (N-methyl/N-ethyl adjacent to an activating group) is 1. The van der Waals surface area contributed by atoms with E-state index in [4.69, 9.17) is 0 Å². The fraction of sp³-hybridized carbons (Fsp3) is 0.367. The number of rotatable bonds is 7. The van der Waals surface area contributed by atoms with Crippen LogP contribution in [0, 0.1) is 6.92 Å². The first-order valence-corrected chi connectivity index (χ1v) is 14.3. The number of anilines is 3. The molecular weight excluding hydrogens is 520 g/mol. The minimum atomic E-state index is -0.104. The van der Waals surface area contributed by atoms with Gasteiger partial charge in [-0.1, -0.05) is 32.9 Å². The highest BCUT2D eigenvalue weighted by molar-refractivity contribution is 7.13. The maximum absolute atomic E-state index is 12.7. The Labute approximate surface area is 239 Å². The molecule has 5 rings (SSSR count). The molecule has 10 heteroatoms. The van der Waals surface area contributed by atoms with Gasteiger partial charge < -0.3 is 20.4 Å². The van der Waals surface area contributed by atoms with Gasteiger partial charge in [-0.2, -0.15) is 0 Å². The molecule has 208 valence electrons. The number of piperazine rings is 1. The number of benzene rings is 1. The molecule has 4 aromatic rings. The standard InChI is InChI=1S/C30H36N8OS/c1-20-14-21(6-7-22(20)16-32-28(39)25-18-33-29(40-25)30(2,3)4)24-15-27(35-19-34-24)36-26-9-8-23(17-31-26)38-12-10-37(5)11-13-38/h6-9,14-15,17-19H,10-13,16H2,1-5H3,(H,32,39)(H,31,34,35,36). The zero-order valence-corrected chi connectivity index (χ0v) is 24.5. The predicted octanol–water partition coefficient (Wildman–Crippen LogP) is 5.03. The molecule has 1 fully saturated rings. The molecule has 0 radical (unpaired) electrons. The number of aromatic nitrogens is 4. The topological polar surface area (TPSA) is 99.2 Å². The van der Waals surface area contributed by atoms with Gasteiger partial charge in [0.15, 0.2) is 0 Å². The third kappa shape index (κ3) is 6.63. The van der Waals surface area contributed by atoms with Crippen molar-refractivity contribution >= 4 is 34.6 Å². The molecule has 1 aliphatic heterocycles. The van der Waals surface area contributed by atoms with Crippen LogP contribution in [0.2, 0.25) is 0 Å². The Morgan fingerprint density at radius 2 is 1.75 bits per heavy atom. The zero-order valence-electron chi connectivity index (χ0n) is 23.7. The lowest BCUT2D eigenvalue weighted by Crippen LogP contribution is -2.44. The van der Waals surface area contributed by atoms with E-state index in [1.807, 2.05) is 37.4 Å². The van der Waals surface area contributed by atoms with Crippen molar-refractivity contribution in [2.75, 3.05) is 43.4 Å². The molecule has 1 aromatic carbocycles. The summed E-state index contributed by atoms with van der Waals surface area (Å²) in [5, 5.41) is 7.28. The van der Waals surface area contributed by atoms with E-state index >= 15 is 0 Å². The second kappa shape index (κ2) is 11.7. The van der Waals surface area contributed by atoms with Crippen molar-refractivity contribution in [3.8, 4) is 11.3 Å². The average Bonchev–Trinajstić information content (AvgIpc) is 3.45. The molecule has 0 atom stereocenters. The van der Waals surface area contributed by atoms with Crippen LogP contribution in [0.4, 0.5) is 17.3 Å². The Morgan fingerprint density at radius 1 is 0.950 bits per heavy atom. The van der Waals surface area contributed by atoms with Gasteiger partial charge in [-0.15, -0.1) is 11.3 Å². The maximum atomic E-state index is 12.7. The molecule has 0 saturated carbocycles. The molecule has 0 aliphatic carbocycles. The summed E-state index contributed by atoms with van der Waals surface area (Å²) in [6.45, 7) is 12.9. The van der Waals surface area contributed by atoms with Crippen molar-refractivity contribution in [1.29, 1.82) is 0 Å². The van der Waals surface area contributed by atoms with Crippen molar-refractivity contribution in [2.45, 2.75) is 39.7 Å². The Morgan fingerprint density at radius 3 is 2.42 bits per heavy atom. The molecule has 0 unspecified atom stereocenters. The number of carbonyl (C=O) groups excluding carboxylic acids is 1. The zero-order chi connectivity index (χ0) is 28.3. The Bertz CT molecular complexity index is 1470. The Kier molecular flexibility index (Phi) is 8.09. The molecule has 1 amide bonds. The van der Waals surface area contributed by atoms with Crippen LogP contribution < -0.4 is 15.5 Å². The van der Waals surface area contributed by atoms with Crippen molar-refractivity contribution in [1.82, 2.24) is 30.2 Å². The van der Waals surface area contributed by atoms with Crippen LogP contribution in [-0.2, 0) is 12.0 Å². The number of hydrogen-bond donors (Lipinski definition) is 2. The molecule has 3 aromatic heterocycles. The third-order valence-corrected chi connectivity index (χ3v) is 8.41. The largest absolute Gasteiger partial charge is 0.368 e. The summed E-state index contributed by atoms with van der Waals surface area (Å²) in [6, 6.07) is 12.1. The van der Waals surface area contributed by atoms with Gasteiger partial charge in [0, 0.05) is 49.8 Å². The van der Waals surface area contributed by atoms with Gasteiger partial charge in [-0.25, -0.2) is 19.9 Å². The molecule has 2 N–H and O–H groups in total. The van der Waals surface area contributed by atoms with E-state index in [-0.39, 0.29) is 11.3 Å². The van der Waals surface area contributed by atoms with Crippen molar-refractivity contribution in [3.63, 3.8) is 0 Å². The fourth-order valence-electron chi connectivity index (χ4n) is 4.47. The third-order valence-electron chi connectivity index (χ3n) is 6.99. The number of amides is 1. The molecule has 9 nitrogen and oxygen atoms in total. The summed E-state index contributed by atoms with van der Waals surface area (Å²) < 4.78 is 0. The number of aryl methyl sites for hydroxylation is 1. The van der Waals surface area contributed by atoms with Crippen LogP contribution in [0.25, 0.3) is 11.3 Å². The molecular formula is C30H36N8OS. The van der Waals surface area contributed by atoms with Gasteiger partial charge >= 0.3 is 0 Å². The van der Waals surface area contributed by atoms with Gasteiger partial charge in [-0.3, -0.25) is 4.79 Å². The molecule has 0 spiro atoms. The van der Waals surface area contributed by atoms with Crippen LogP contribution in [-0.4, -0.2) is 64.0 Å². The number of pyridine rings is 1. The number of hydrogen-bond acceptors (Lipinski definition) is 9. The SMILES string of the molecule is Cc1cc(-c2cc(Nc3ccc(N4CCN(C)CC4)cn3)ncn2)ccc1CNC(=O)c1cnc(C(C)(C)C)s1. The highest BCUT2D eigenvalue weighted by Gasteiger charge is 2.20. The Hall–Kier alpha value is -3.89. The van der Waals surface area contributed by atoms with Gasteiger partial charge in [0.25, 0.3) is 5.91 Å². The van der Waals surface area contributed by atoms with Crippen LogP contribution in [0.3, 0.4) is 0 Å². The predicted molar refractivity (Wildman–Crippen MR) is 161 cm³/mol. The van der Waals surface area contributed by atoms with E-state index < -0.39 is 0 Å². The summed E-state index contributed by atoms with van der Waals surface area (Å²) in [4.78, 5) is 35.9. The molecule has 40 heavy (non-hydrogen) atoms. The monoisotopic (exact) mass is 556 g/mol. The summed E-state index contributed by atoms with van der Waals surface area (Å²) in [7, 11) is 2.15. The molecule has 4 heterocycles. The van der Waals surface area contributed by atoms with E-state index in [9.17, 15) is 4.79 Å². The number of nitrogens with one attached hydrogen (secondary N) is 2. The summed E-state index contributed by atoms with van der Waals surface area (Å²) in [5.74, 6) is 1.31. The number of nitrogens with zero attached hydrogens (tertiary/aromatic N) is 6. The summed E-state index contributed by atoms with van der Waals surface area (Å²) >= 11 is 1.44. The fourth-order valence-corrected chi connectivity index (χ4v) is 5.36. The first kappa shape index (κ1) is 27.7. The lowest BCUT2D eigenvalue weighted by Gasteiger charge is -2.33. The highest BCUT2D eigenvalue weighted by Crippen LogP contribution is 2.27. The number of carbonyl (C=O) groups is 1. The van der Waals surface area contributed by atoms with E-state index in [0.717, 1.165) is 65.1 Å². The van der Waals surface area contributed by atoms with Crippen molar-refractivity contribution in [3.05, 3.63) is 76.1 Å². The molecule has 1 aliphatic rings. The van der Waals surface area contributed by atoms with Crippen molar-refractivity contribution < 1.29 is 4.79 Å². The van der Waals surface area contributed by atoms with Gasteiger partial charge in [0.1, 0.15) is 22.8 Å². The van der Waals surface area contributed by atoms with Crippen LogP contribution in [0.15, 0.2) is 55.1 Å². The van der Waals surface area contributed by atoms with E-state index in [2.05, 4.69) is 80.3 Å². The lowest BCUT2D eigenvalue weighted by atomic mass is 9.98. The van der Waals surface area contributed by atoms with E-state index in [1.165, 1.54) is 11.3 Å². The smallest absolute Gasteiger partial charge is 0.263 e. The Balaban J connectivity index is 1.21. The summed E-state index contributed by atoms with van der Waals surface area (Å²) in [5.41, 5.74) is 4.98. The highest BCUT2D eigenvalue weighted by atomic mass is 32.1. The van der Waals surface area contributed by atoms with Gasteiger partial charge in [0.2, 0.25) is 0 Å². The minimum absolute atomic E-state index is 0.0717. The van der Waals surface area contributed by atoms with Crippen molar-refractivity contribution in [2.24, 2.45) is 0 Å². The quantitative estimate of drug-likeness (QED) is 0.327.